The van der Waals surface area contributed by atoms with E-state index in [9.17, 15) is 0 Å². The minimum Gasteiger partial charge on any atom is -0.299 e. The fourth-order valence-corrected chi connectivity index (χ4v) is 4.20. The standard InChI is InChI=1S/C20H22N4S/c1-16-6-2-3-7-18(16)17-9-12-23(13-10-17)14-15-25-20-22-21-19-8-4-5-11-24(19)20/h2-9,11H,10,12-15H2,1H3. The second-order valence-corrected chi connectivity index (χ2v) is 7.42. The van der Waals surface area contributed by atoms with Gasteiger partial charge >= 0.3 is 0 Å². The predicted octanol–water partition coefficient (Wildman–Crippen LogP) is 3.92. The smallest absolute Gasteiger partial charge is 0.195 e. The number of rotatable bonds is 5. The molecular weight excluding hydrogens is 328 g/mol. The zero-order valence-electron chi connectivity index (χ0n) is 14.4. The number of pyridine rings is 1. The molecule has 0 saturated carbocycles. The van der Waals surface area contributed by atoms with Gasteiger partial charge in [0.25, 0.3) is 0 Å². The number of aryl methyl sites for hydroxylation is 1. The fourth-order valence-electron chi connectivity index (χ4n) is 3.28. The minimum atomic E-state index is 0.911. The third kappa shape index (κ3) is 3.62. The Morgan fingerprint density at radius 3 is 2.80 bits per heavy atom. The van der Waals surface area contributed by atoms with Gasteiger partial charge in [0.05, 0.1) is 0 Å². The highest BCUT2D eigenvalue weighted by molar-refractivity contribution is 7.99. The number of hydrogen-bond acceptors (Lipinski definition) is 4. The first-order valence-corrected chi connectivity index (χ1v) is 9.70. The van der Waals surface area contributed by atoms with Gasteiger partial charge in [-0.05, 0) is 42.2 Å². The van der Waals surface area contributed by atoms with Crippen molar-refractivity contribution < 1.29 is 0 Å². The number of fused-ring (bicyclic) bond motifs is 1. The van der Waals surface area contributed by atoms with E-state index in [2.05, 4.69) is 56.8 Å². The third-order valence-electron chi connectivity index (χ3n) is 4.71. The van der Waals surface area contributed by atoms with E-state index in [4.69, 9.17) is 0 Å². The second-order valence-electron chi connectivity index (χ2n) is 6.35. The van der Waals surface area contributed by atoms with Crippen LogP contribution in [0.15, 0.2) is 59.9 Å². The first kappa shape index (κ1) is 16.4. The molecule has 0 radical (unpaired) electrons. The summed E-state index contributed by atoms with van der Waals surface area (Å²) in [4.78, 5) is 2.51. The Kier molecular flexibility index (Phi) is 4.85. The molecular formula is C20H22N4S. The largest absolute Gasteiger partial charge is 0.299 e. The van der Waals surface area contributed by atoms with E-state index in [0.29, 0.717) is 0 Å². The molecule has 0 aliphatic carbocycles. The van der Waals surface area contributed by atoms with Crippen LogP contribution in [0.1, 0.15) is 17.5 Å². The zero-order chi connectivity index (χ0) is 17.1. The highest BCUT2D eigenvalue weighted by Gasteiger charge is 2.14. The van der Waals surface area contributed by atoms with Crippen molar-refractivity contribution in [1.82, 2.24) is 19.5 Å². The van der Waals surface area contributed by atoms with Crippen LogP contribution in [0, 0.1) is 6.92 Å². The first-order chi connectivity index (χ1) is 12.3. The van der Waals surface area contributed by atoms with Crippen LogP contribution < -0.4 is 0 Å². The van der Waals surface area contributed by atoms with Gasteiger partial charge in [-0.1, -0.05) is 48.2 Å². The molecule has 25 heavy (non-hydrogen) atoms. The van der Waals surface area contributed by atoms with Crippen molar-refractivity contribution in [1.29, 1.82) is 0 Å². The summed E-state index contributed by atoms with van der Waals surface area (Å²) < 4.78 is 2.05. The molecule has 0 atom stereocenters. The second kappa shape index (κ2) is 7.42. The lowest BCUT2D eigenvalue weighted by Gasteiger charge is -2.26. The maximum absolute atomic E-state index is 4.28. The molecule has 1 aliphatic rings. The van der Waals surface area contributed by atoms with Crippen LogP contribution >= 0.6 is 11.8 Å². The molecule has 3 aromatic rings. The summed E-state index contributed by atoms with van der Waals surface area (Å²) >= 11 is 1.78. The van der Waals surface area contributed by atoms with E-state index in [1.807, 2.05) is 24.4 Å². The van der Waals surface area contributed by atoms with E-state index >= 15 is 0 Å². The first-order valence-electron chi connectivity index (χ1n) is 8.71. The molecule has 0 saturated heterocycles. The van der Waals surface area contributed by atoms with Crippen LogP contribution in [-0.4, -0.2) is 44.9 Å². The lowest BCUT2D eigenvalue weighted by molar-refractivity contribution is 0.321. The Morgan fingerprint density at radius 1 is 1.08 bits per heavy atom. The summed E-state index contributed by atoms with van der Waals surface area (Å²) in [5.41, 5.74) is 5.18. The van der Waals surface area contributed by atoms with Gasteiger partial charge in [0.1, 0.15) is 0 Å². The molecule has 0 bridgehead atoms. The number of benzene rings is 1. The van der Waals surface area contributed by atoms with E-state index in [-0.39, 0.29) is 0 Å². The predicted molar refractivity (Wildman–Crippen MR) is 104 cm³/mol. The molecule has 5 heteroatoms. The molecule has 1 aliphatic heterocycles. The molecule has 4 rings (SSSR count). The van der Waals surface area contributed by atoms with Crippen molar-refractivity contribution in [3.8, 4) is 0 Å². The zero-order valence-corrected chi connectivity index (χ0v) is 15.2. The van der Waals surface area contributed by atoms with E-state index < -0.39 is 0 Å². The molecule has 128 valence electrons. The molecule has 0 unspecified atom stereocenters. The number of aromatic nitrogens is 3. The summed E-state index contributed by atoms with van der Waals surface area (Å²) in [7, 11) is 0. The quantitative estimate of drug-likeness (QED) is 0.653. The summed E-state index contributed by atoms with van der Waals surface area (Å²) in [5, 5.41) is 9.47. The van der Waals surface area contributed by atoms with Crippen LogP contribution in [0.4, 0.5) is 0 Å². The Labute approximate surface area is 152 Å². The summed E-state index contributed by atoms with van der Waals surface area (Å²) in [6.07, 6.45) is 5.54. The van der Waals surface area contributed by atoms with Crippen molar-refractivity contribution >= 4 is 23.0 Å². The highest BCUT2D eigenvalue weighted by Crippen LogP contribution is 2.25. The average Bonchev–Trinajstić information content (AvgIpc) is 3.06. The van der Waals surface area contributed by atoms with Gasteiger partial charge in [0.15, 0.2) is 10.8 Å². The lowest BCUT2D eigenvalue weighted by atomic mass is 9.96. The van der Waals surface area contributed by atoms with Gasteiger partial charge < -0.3 is 0 Å². The van der Waals surface area contributed by atoms with Crippen molar-refractivity contribution in [2.24, 2.45) is 0 Å². The highest BCUT2D eigenvalue weighted by atomic mass is 32.2. The number of nitrogens with zero attached hydrogens (tertiary/aromatic N) is 4. The number of thioether (sulfide) groups is 1. The summed E-state index contributed by atoms with van der Waals surface area (Å²) in [5.74, 6) is 1.03. The molecule has 0 fully saturated rings. The van der Waals surface area contributed by atoms with Gasteiger partial charge in [-0.15, -0.1) is 10.2 Å². The van der Waals surface area contributed by atoms with Gasteiger partial charge in [-0.2, -0.15) is 0 Å². The maximum atomic E-state index is 4.28. The van der Waals surface area contributed by atoms with E-state index in [0.717, 1.165) is 42.6 Å². The lowest BCUT2D eigenvalue weighted by Crippen LogP contribution is -2.30. The molecule has 4 nitrogen and oxygen atoms in total. The van der Waals surface area contributed by atoms with Crippen LogP contribution in [0.3, 0.4) is 0 Å². The Balaban J connectivity index is 1.32. The molecule has 0 spiro atoms. The van der Waals surface area contributed by atoms with Gasteiger partial charge in [-0.3, -0.25) is 9.30 Å². The summed E-state index contributed by atoms with van der Waals surface area (Å²) in [6.45, 7) is 5.43. The van der Waals surface area contributed by atoms with Crippen molar-refractivity contribution in [3.63, 3.8) is 0 Å². The molecule has 1 aromatic carbocycles. The normalized spacial score (nSPS) is 15.5. The molecule has 0 N–H and O–H groups in total. The van der Waals surface area contributed by atoms with Gasteiger partial charge in [0.2, 0.25) is 0 Å². The molecule has 3 heterocycles. The Morgan fingerprint density at radius 2 is 1.96 bits per heavy atom. The Hall–Kier alpha value is -2.11. The van der Waals surface area contributed by atoms with E-state index in [1.54, 1.807) is 11.8 Å². The average molecular weight is 350 g/mol. The third-order valence-corrected chi connectivity index (χ3v) is 5.63. The van der Waals surface area contributed by atoms with Gasteiger partial charge in [0, 0.05) is 31.6 Å². The monoisotopic (exact) mass is 350 g/mol. The van der Waals surface area contributed by atoms with Gasteiger partial charge in [-0.25, -0.2) is 0 Å². The Bertz CT molecular complexity index is 899. The van der Waals surface area contributed by atoms with E-state index in [1.165, 1.54) is 16.7 Å². The number of hydrogen-bond donors (Lipinski definition) is 0. The minimum absolute atomic E-state index is 0.911. The van der Waals surface area contributed by atoms with Crippen molar-refractivity contribution in [3.05, 3.63) is 65.9 Å². The van der Waals surface area contributed by atoms with Crippen LogP contribution in [-0.2, 0) is 0 Å². The van der Waals surface area contributed by atoms with Crippen molar-refractivity contribution in [2.45, 2.75) is 18.5 Å². The summed E-state index contributed by atoms with van der Waals surface area (Å²) in [6, 6.07) is 14.7. The SMILES string of the molecule is Cc1ccccc1C1=CCN(CCSc2nnc3ccccn23)CC1. The molecule has 0 amide bonds. The van der Waals surface area contributed by atoms with Crippen LogP contribution in [0.2, 0.25) is 0 Å². The fraction of sp³-hybridized carbons (Fsp3) is 0.300. The maximum Gasteiger partial charge on any atom is 0.195 e. The molecule has 2 aromatic heterocycles. The van der Waals surface area contributed by atoms with Crippen LogP contribution in [0.25, 0.3) is 11.2 Å². The topological polar surface area (TPSA) is 33.4 Å². The van der Waals surface area contributed by atoms with Crippen molar-refractivity contribution in [2.75, 3.05) is 25.4 Å². The van der Waals surface area contributed by atoms with Crippen LogP contribution in [0.5, 0.6) is 0 Å².